The number of rotatable bonds is 6. The first-order valence-electron chi connectivity index (χ1n) is 9.20. The van der Waals surface area contributed by atoms with Gasteiger partial charge in [-0.25, -0.2) is 0 Å². The van der Waals surface area contributed by atoms with E-state index in [1.807, 2.05) is 7.11 Å². The molecule has 3 fully saturated rings. The van der Waals surface area contributed by atoms with E-state index in [2.05, 4.69) is 12.2 Å². The molecule has 0 aliphatic heterocycles. The lowest BCUT2D eigenvalue weighted by Crippen LogP contribution is -2.63. The van der Waals surface area contributed by atoms with Gasteiger partial charge in [0.25, 0.3) is 0 Å². The molecule has 0 radical (unpaired) electrons. The van der Waals surface area contributed by atoms with Gasteiger partial charge >= 0.3 is 0 Å². The Bertz CT molecular complexity index is 327. The topological polar surface area (TPSA) is 30.5 Å². The minimum Gasteiger partial charge on any atom is -0.381 e. The average Bonchev–Trinajstić information content (AvgIpc) is 3.03. The largest absolute Gasteiger partial charge is 0.381 e. The molecule has 0 amide bonds. The summed E-state index contributed by atoms with van der Waals surface area (Å²) in [6, 6.07) is 0.715. The van der Waals surface area contributed by atoms with E-state index < -0.39 is 0 Å². The van der Waals surface area contributed by atoms with Gasteiger partial charge in [-0.1, -0.05) is 19.8 Å². The highest BCUT2D eigenvalue weighted by Crippen LogP contribution is 2.55. The van der Waals surface area contributed by atoms with Crippen LogP contribution < -0.4 is 5.32 Å². The van der Waals surface area contributed by atoms with E-state index >= 15 is 0 Å². The number of nitrogens with one attached hydrogen (secondary N) is 1. The van der Waals surface area contributed by atoms with Crippen molar-refractivity contribution < 1.29 is 9.47 Å². The molecule has 21 heavy (non-hydrogen) atoms. The molecule has 3 aliphatic carbocycles. The van der Waals surface area contributed by atoms with E-state index in [-0.39, 0.29) is 0 Å². The quantitative estimate of drug-likeness (QED) is 0.811. The van der Waals surface area contributed by atoms with Crippen molar-refractivity contribution in [3.8, 4) is 0 Å². The van der Waals surface area contributed by atoms with Crippen LogP contribution >= 0.6 is 0 Å². The van der Waals surface area contributed by atoms with Crippen molar-refractivity contribution in [2.75, 3.05) is 13.7 Å². The van der Waals surface area contributed by atoms with Gasteiger partial charge in [-0.15, -0.1) is 0 Å². The van der Waals surface area contributed by atoms with Gasteiger partial charge in [0.15, 0.2) is 0 Å². The highest BCUT2D eigenvalue weighted by atomic mass is 16.5. The van der Waals surface area contributed by atoms with Crippen LogP contribution in [0.5, 0.6) is 0 Å². The molecule has 1 N–H and O–H groups in total. The lowest BCUT2D eigenvalue weighted by atomic mass is 9.60. The SMILES string of the molecule is CCCNC1CC(OC2CCCC(OC)C2)C12CCCC2. The van der Waals surface area contributed by atoms with Crippen molar-refractivity contribution in [3.63, 3.8) is 0 Å². The third-order valence-corrected chi connectivity index (χ3v) is 6.23. The van der Waals surface area contributed by atoms with Gasteiger partial charge in [0.1, 0.15) is 0 Å². The summed E-state index contributed by atoms with van der Waals surface area (Å²) >= 11 is 0. The van der Waals surface area contributed by atoms with Crippen LogP contribution in [0.25, 0.3) is 0 Å². The van der Waals surface area contributed by atoms with E-state index in [0.717, 1.165) is 13.0 Å². The lowest BCUT2D eigenvalue weighted by molar-refractivity contribution is -0.174. The minimum absolute atomic E-state index is 0.428. The Balaban J connectivity index is 1.55. The summed E-state index contributed by atoms with van der Waals surface area (Å²) in [4.78, 5) is 0. The third-order valence-electron chi connectivity index (χ3n) is 6.23. The fourth-order valence-corrected chi connectivity index (χ4v) is 4.92. The molecule has 4 unspecified atom stereocenters. The Labute approximate surface area is 130 Å². The molecular formula is C18H33NO2. The maximum Gasteiger partial charge on any atom is 0.0665 e. The zero-order valence-electron chi connectivity index (χ0n) is 13.9. The summed E-state index contributed by atoms with van der Waals surface area (Å²) in [6.45, 7) is 3.42. The van der Waals surface area contributed by atoms with Crippen molar-refractivity contribution in [1.82, 2.24) is 5.32 Å². The second kappa shape index (κ2) is 6.97. The van der Waals surface area contributed by atoms with Crippen LogP contribution in [0.3, 0.4) is 0 Å². The first-order valence-corrected chi connectivity index (χ1v) is 9.20. The zero-order chi connectivity index (χ0) is 14.7. The second-order valence-electron chi connectivity index (χ2n) is 7.45. The number of hydrogen-bond donors (Lipinski definition) is 1. The van der Waals surface area contributed by atoms with Gasteiger partial charge in [-0.3, -0.25) is 0 Å². The summed E-state index contributed by atoms with van der Waals surface area (Å²) in [5.41, 5.74) is 0.467. The maximum atomic E-state index is 6.59. The molecule has 1 spiro atoms. The Morgan fingerprint density at radius 1 is 1.05 bits per heavy atom. The van der Waals surface area contributed by atoms with Crippen molar-refractivity contribution in [3.05, 3.63) is 0 Å². The van der Waals surface area contributed by atoms with Gasteiger partial charge in [0.2, 0.25) is 0 Å². The van der Waals surface area contributed by atoms with Crippen LogP contribution in [-0.2, 0) is 9.47 Å². The van der Waals surface area contributed by atoms with Crippen LogP contribution in [0.15, 0.2) is 0 Å². The molecule has 0 aromatic heterocycles. The molecule has 3 heteroatoms. The fraction of sp³-hybridized carbons (Fsp3) is 1.00. The third kappa shape index (κ3) is 3.16. The van der Waals surface area contributed by atoms with Crippen LogP contribution in [0.4, 0.5) is 0 Å². The van der Waals surface area contributed by atoms with Crippen LogP contribution in [-0.4, -0.2) is 38.0 Å². The van der Waals surface area contributed by atoms with Crippen molar-refractivity contribution in [1.29, 1.82) is 0 Å². The molecule has 3 rings (SSSR count). The van der Waals surface area contributed by atoms with Crippen LogP contribution in [0.2, 0.25) is 0 Å². The molecule has 3 saturated carbocycles. The first kappa shape index (κ1) is 15.8. The normalized spacial score (nSPS) is 38.6. The van der Waals surface area contributed by atoms with Crippen LogP contribution in [0, 0.1) is 5.41 Å². The van der Waals surface area contributed by atoms with Gasteiger partial charge in [0, 0.05) is 18.6 Å². The first-order chi connectivity index (χ1) is 10.3. The van der Waals surface area contributed by atoms with Gasteiger partial charge < -0.3 is 14.8 Å². The number of hydrogen-bond acceptors (Lipinski definition) is 3. The number of methoxy groups -OCH3 is 1. The molecule has 3 nitrogen and oxygen atoms in total. The molecule has 3 aliphatic rings. The molecule has 0 heterocycles. The van der Waals surface area contributed by atoms with Gasteiger partial charge in [-0.05, 0) is 57.9 Å². The Morgan fingerprint density at radius 2 is 1.81 bits per heavy atom. The molecular weight excluding hydrogens is 262 g/mol. The summed E-state index contributed by atoms with van der Waals surface area (Å²) in [6.07, 6.45) is 14.2. The van der Waals surface area contributed by atoms with E-state index in [1.54, 1.807) is 0 Å². The fourth-order valence-electron chi connectivity index (χ4n) is 4.92. The Kier molecular flexibility index (Phi) is 5.23. The predicted molar refractivity (Wildman–Crippen MR) is 85.5 cm³/mol. The van der Waals surface area contributed by atoms with Gasteiger partial charge in [-0.2, -0.15) is 0 Å². The predicted octanol–water partition coefficient (Wildman–Crippen LogP) is 3.66. The minimum atomic E-state index is 0.428. The summed E-state index contributed by atoms with van der Waals surface area (Å²) in [5, 5.41) is 3.78. The Morgan fingerprint density at radius 3 is 2.52 bits per heavy atom. The Hall–Kier alpha value is -0.120. The highest BCUT2D eigenvalue weighted by Gasteiger charge is 2.56. The zero-order valence-corrected chi connectivity index (χ0v) is 13.9. The second-order valence-corrected chi connectivity index (χ2v) is 7.45. The number of ether oxygens (including phenoxy) is 2. The summed E-state index contributed by atoms with van der Waals surface area (Å²) in [5.74, 6) is 0. The van der Waals surface area contributed by atoms with Crippen molar-refractivity contribution >= 4 is 0 Å². The molecule has 0 aromatic rings. The summed E-state index contributed by atoms with van der Waals surface area (Å²) in [7, 11) is 1.85. The van der Waals surface area contributed by atoms with E-state index in [1.165, 1.54) is 57.8 Å². The van der Waals surface area contributed by atoms with Gasteiger partial charge in [0.05, 0.1) is 18.3 Å². The van der Waals surface area contributed by atoms with E-state index in [9.17, 15) is 0 Å². The monoisotopic (exact) mass is 295 g/mol. The average molecular weight is 295 g/mol. The lowest BCUT2D eigenvalue weighted by Gasteiger charge is -2.55. The smallest absolute Gasteiger partial charge is 0.0665 e. The molecule has 0 saturated heterocycles. The molecule has 0 bridgehead atoms. The molecule has 0 aromatic carbocycles. The molecule has 122 valence electrons. The standard InChI is InChI=1S/C18H33NO2/c1-3-11-19-16-13-17(18(16)9-4-5-10-18)21-15-8-6-7-14(12-15)20-2/h14-17,19H,3-13H2,1-2H3. The van der Waals surface area contributed by atoms with Crippen molar-refractivity contribution in [2.45, 2.75) is 95.5 Å². The maximum absolute atomic E-state index is 6.59. The van der Waals surface area contributed by atoms with E-state index in [0.29, 0.717) is 29.8 Å². The molecule has 4 atom stereocenters. The van der Waals surface area contributed by atoms with E-state index in [4.69, 9.17) is 9.47 Å². The van der Waals surface area contributed by atoms with Crippen LogP contribution in [0.1, 0.15) is 71.1 Å². The highest BCUT2D eigenvalue weighted by molar-refractivity contribution is 5.10. The summed E-state index contributed by atoms with van der Waals surface area (Å²) < 4.78 is 12.1. The van der Waals surface area contributed by atoms with Crippen molar-refractivity contribution in [2.24, 2.45) is 5.41 Å².